The number of urea groups is 1. The minimum atomic E-state index is -4.28. The number of carbonyl (C=O) groups excluding carboxylic acids is 1. The lowest BCUT2D eigenvalue weighted by molar-refractivity contribution is -0.139. The molecular formula is C12H20F3N3O3S. The number of alkyl halides is 3. The summed E-state index contributed by atoms with van der Waals surface area (Å²) >= 11 is -0.178. The number of carboxylic acid groups (broad SMARTS) is 1. The zero-order valence-electron chi connectivity index (χ0n) is 12.2. The topological polar surface area (TPSA) is 81.7 Å². The maximum atomic E-state index is 11.9. The summed E-state index contributed by atoms with van der Waals surface area (Å²) in [7, 11) is 0. The minimum absolute atomic E-state index is 0.0330. The van der Waals surface area contributed by atoms with Crippen LogP contribution in [0.1, 0.15) is 19.8 Å². The van der Waals surface area contributed by atoms with Crippen LogP contribution in [0.3, 0.4) is 0 Å². The summed E-state index contributed by atoms with van der Waals surface area (Å²) in [5, 5.41) is 13.8. The van der Waals surface area contributed by atoms with E-state index in [1.54, 1.807) is 0 Å². The van der Waals surface area contributed by atoms with E-state index < -0.39 is 17.5 Å². The first-order valence-corrected chi connectivity index (χ1v) is 7.90. The fourth-order valence-corrected chi connectivity index (χ4v) is 2.68. The van der Waals surface area contributed by atoms with Crippen LogP contribution in [0.2, 0.25) is 0 Å². The molecule has 0 atom stereocenters. The smallest absolute Gasteiger partial charge is 0.441 e. The first-order chi connectivity index (χ1) is 10.2. The first kappa shape index (κ1) is 18.9. The van der Waals surface area contributed by atoms with E-state index in [0.29, 0.717) is 19.4 Å². The van der Waals surface area contributed by atoms with Crippen LogP contribution in [0.4, 0.5) is 18.0 Å². The number of nitrogens with zero attached hydrogens (tertiary/aromatic N) is 1. The molecule has 0 aromatic heterocycles. The van der Waals surface area contributed by atoms with Crippen molar-refractivity contribution in [3.05, 3.63) is 0 Å². The molecule has 0 saturated heterocycles. The van der Waals surface area contributed by atoms with Crippen LogP contribution < -0.4 is 10.6 Å². The summed E-state index contributed by atoms with van der Waals surface area (Å²) in [6.07, 6.45) is 1.29. The molecule has 1 aliphatic rings. The number of halogens is 3. The van der Waals surface area contributed by atoms with Crippen molar-refractivity contribution in [2.45, 2.75) is 37.4 Å². The van der Waals surface area contributed by atoms with Gasteiger partial charge in [-0.05, 0) is 31.1 Å². The van der Waals surface area contributed by atoms with Crippen LogP contribution >= 0.6 is 11.8 Å². The van der Waals surface area contributed by atoms with Gasteiger partial charge >= 0.3 is 17.5 Å². The third-order valence-corrected chi connectivity index (χ3v) is 4.10. The fraction of sp³-hybridized carbons (Fsp3) is 0.833. The van der Waals surface area contributed by atoms with Crippen molar-refractivity contribution >= 4 is 23.8 Å². The van der Waals surface area contributed by atoms with E-state index in [-0.39, 0.29) is 42.7 Å². The molecule has 1 fully saturated rings. The number of likely N-dealkylation sites (N-methyl/N-ethyl adjacent to an activating group) is 1. The highest BCUT2D eigenvalue weighted by Gasteiger charge is 2.34. The Bertz CT molecular complexity index is 390. The van der Waals surface area contributed by atoms with E-state index in [1.165, 1.54) is 0 Å². The molecule has 1 saturated carbocycles. The number of aliphatic carboxylic acids is 1. The summed E-state index contributed by atoms with van der Waals surface area (Å²) in [4.78, 5) is 24.0. The molecule has 22 heavy (non-hydrogen) atoms. The van der Waals surface area contributed by atoms with E-state index in [9.17, 15) is 22.8 Å². The maximum absolute atomic E-state index is 11.9. The first-order valence-electron chi connectivity index (χ1n) is 6.92. The maximum Gasteiger partial charge on any atom is 0.441 e. The normalized spacial score (nSPS) is 21.3. The number of amides is 2. The van der Waals surface area contributed by atoms with Gasteiger partial charge < -0.3 is 15.7 Å². The predicted molar refractivity (Wildman–Crippen MR) is 76.7 cm³/mol. The Labute approximate surface area is 130 Å². The minimum Gasteiger partial charge on any atom is -0.480 e. The molecule has 0 aromatic carbocycles. The Morgan fingerprint density at radius 2 is 2.00 bits per heavy atom. The number of hydrogen-bond acceptors (Lipinski definition) is 4. The third kappa shape index (κ3) is 7.21. The average Bonchev–Trinajstić information content (AvgIpc) is 2.35. The van der Waals surface area contributed by atoms with Gasteiger partial charge in [0.15, 0.2) is 0 Å². The molecule has 1 aliphatic carbocycles. The lowest BCUT2D eigenvalue weighted by Crippen LogP contribution is -2.56. The highest BCUT2D eigenvalue weighted by Crippen LogP contribution is 2.29. The molecule has 6 nitrogen and oxygen atoms in total. The van der Waals surface area contributed by atoms with Crippen LogP contribution in [-0.4, -0.2) is 65.0 Å². The number of carbonyl (C=O) groups is 2. The van der Waals surface area contributed by atoms with Gasteiger partial charge in [0.25, 0.3) is 0 Å². The second-order valence-corrected chi connectivity index (χ2v) is 6.13. The second-order valence-electron chi connectivity index (χ2n) is 4.97. The Morgan fingerprint density at radius 3 is 2.50 bits per heavy atom. The van der Waals surface area contributed by atoms with Crippen molar-refractivity contribution in [1.82, 2.24) is 15.5 Å². The van der Waals surface area contributed by atoms with Gasteiger partial charge in [0.05, 0.1) is 6.54 Å². The van der Waals surface area contributed by atoms with Gasteiger partial charge in [-0.1, -0.05) is 6.92 Å². The van der Waals surface area contributed by atoms with Crippen LogP contribution in [0.5, 0.6) is 0 Å². The zero-order valence-corrected chi connectivity index (χ0v) is 13.0. The monoisotopic (exact) mass is 343 g/mol. The molecule has 128 valence electrons. The van der Waals surface area contributed by atoms with Crippen LogP contribution in [0.15, 0.2) is 0 Å². The van der Waals surface area contributed by atoms with E-state index in [4.69, 9.17) is 5.11 Å². The van der Waals surface area contributed by atoms with Crippen molar-refractivity contribution in [3.63, 3.8) is 0 Å². The van der Waals surface area contributed by atoms with Gasteiger partial charge in [-0.15, -0.1) is 0 Å². The van der Waals surface area contributed by atoms with Gasteiger partial charge in [-0.25, -0.2) is 4.79 Å². The lowest BCUT2D eigenvalue weighted by Gasteiger charge is -2.42. The fourth-order valence-electron chi connectivity index (χ4n) is 2.24. The van der Waals surface area contributed by atoms with Crippen LogP contribution in [-0.2, 0) is 4.79 Å². The number of hydrogen-bond donors (Lipinski definition) is 3. The molecule has 0 aromatic rings. The van der Waals surface area contributed by atoms with Crippen molar-refractivity contribution in [2.75, 3.05) is 25.4 Å². The summed E-state index contributed by atoms with van der Waals surface area (Å²) < 4.78 is 35.7. The quantitative estimate of drug-likeness (QED) is 0.582. The molecule has 0 radical (unpaired) electrons. The summed E-state index contributed by atoms with van der Waals surface area (Å²) in [5.74, 6) is -1.12. The van der Waals surface area contributed by atoms with Crippen LogP contribution in [0, 0.1) is 0 Å². The van der Waals surface area contributed by atoms with Crippen molar-refractivity contribution in [2.24, 2.45) is 0 Å². The zero-order chi connectivity index (χ0) is 16.8. The van der Waals surface area contributed by atoms with Gasteiger partial charge in [0.2, 0.25) is 0 Å². The molecule has 0 aliphatic heterocycles. The Hall–Kier alpha value is -1.16. The van der Waals surface area contributed by atoms with Crippen molar-refractivity contribution in [1.29, 1.82) is 0 Å². The highest BCUT2D eigenvalue weighted by molar-refractivity contribution is 8.00. The molecule has 0 unspecified atom stereocenters. The Morgan fingerprint density at radius 1 is 1.36 bits per heavy atom. The SMILES string of the molecule is CCN(CC(=O)O)C1CC(NC(=O)NCCSC(F)(F)F)C1. The number of nitrogens with one attached hydrogen (secondary N) is 2. The predicted octanol–water partition coefficient (Wildman–Crippen LogP) is 1.48. The molecule has 0 heterocycles. The number of carboxylic acids is 1. The second kappa shape index (κ2) is 8.47. The molecule has 10 heteroatoms. The Balaban J connectivity index is 2.14. The summed E-state index contributed by atoms with van der Waals surface area (Å²) in [6.45, 7) is 2.39. The van der Waals surface area contributed by atoms with Crippen molar-refractivity contribution in [3.8, 4) is 0 Å². The van der Waals surface area contributed by atoms with E-state index >= 15 is 0 Å². The van der Waals surface area contributed by atoms with Gasteiger partial charge in [0, 0.05) is 24.4 Å². The van der Waals surface area contributed by atoms with E-state index in [2.05, 4.69) is 10.6 Å². The summed E-state index contributed by atoms with van der Waals surface area (Å²) in [5.41, 5.74) is -4.28. The molecule has 0 spiro atoms. The van der Waals surface area contributed by atoms with E-state index in [0.717, 1.165) is 0 Å². The molecule has 2 amide bonds. The largest absolute Gasteiger partial charge is 0.480 e. The number of rotatable bonds is 8. The summed E-state index contributed by atoms with van der Waals surface area (Å²) in [6, 6.07) is -0.442. The molecular weight excluding hydrogens is 323 g/mol. The molecule has 1 rings (SSSR count). The number of thioether (sulfide) groups is 1. The lowest BCUT2D eigenvalue weighted by atomic mass is 9.85. The highest BCUT2D eigenvalue weighted by atomic mass is 32.2. The van der Waals surface area contributed by atoms with E-state index in [1.807, 2.05) is 11.8 Å². The molecule has 0 bridgehead atoms. The molecule has 3 N–H and O–H groups in total. The standard InChI is InChI=1S/C12H20F3N3O3S/c1-2-18(7-10(19)20)9-5-8(6-9)17-11(21)16-3-4-22-12(13,14)15/h8-9H,2-7H2,1H3,(H,19,20)(H2,16,17,21). The van der Waals surface area contributed by atoms with Crippen LogP contribution in [0.25, 0.3) is 0 Å². The Kier molecular flexibility index (Phi) is 7.27. The van der Waals surface area contributed by atoms with Gasteiger partial charge in [-0.2, -0.15) is 13.2 Å². The third-order valence-electron chi connectivity index (χ3n) is 3.36. The van der Waals surface area contributed by atoms with Crippen molar-refractivity contribution < 1.29 is 27.9 Å². The van der Waals surface area contributed by atoms with Gasteiger partial charge in [-0.3, -0.25) is 9.69 Å². The van der Waals surface area contributed by atoms with Gasteiger partial charge in [0.1, 0.15) is 0 Å². The average molecular weight is 343 g/mol.